The Bertz CT molecular complexity index is 1280. The van der Waals surface area contributed by atoms with Gasteiger partial charge < -0.3 is 14.4 Å². The van der Waals surface area contributed by atoms with Crippen molar-refractivity contribution in [2.45, 2.75) is 53.0 Å². The standard InChI is InChI=1S/C25H27N3O4/c1-6-16-8-7-14-11-28(23(26)21(14)27-16)12-19(29)15-9-17-20(24(30)31)13(2)32-22(17)18(10-15)25(3,4)5/h7-10,26H,6,11-12H2,1-5H3,(H,30,31). The van der Waals surface area contributed by atoms with Crippen molar-refractivity contribution in [2.24, 2.45) is 0 Å². The number of amidine groups is 1. The fourth-order valence-electron chi connectivity index (χ4n) is 4.19. The van der Waals surface area contributed by atoms with Gasteiger partial charge in [0, 0.05) is 34.3 Å². The number of nitrogens with zero attached hydrogens (tertiary/aromatic N) is 2. The molecule has 0 unspecified atom stereocenters. The van der Waals surface area contributed by atoms with E-state index in [9.17, 15) is 14.7 Å². The largest absolute Gasteiger partial charge is 0.478 e. The molecule has 166 valence electrons. The Kier molecular flexibility index (Phi) is 5.15. The summed E-state index contributed by atoms with van der Waals surface area (Å²) in [7, 11) is 0. The zero-order valence-corrected chi connectivity index (χ0v) is 19.0. The molecule has 1 aliphatic heterocycles. The minimum absolute atomic E-state index is 0.0188. The monoisotopic (exact) mass is 433 g/mol. The Morgan fingerprint density at radius 3 is 2.59 bits per heavy atom. The summed E-state index contributed by atoms with van der Waals surface area (Å²) in [6.45, 7) is 10.1. The molecule has 0 bridgehead atoms. The van der Waals surface area contributed by atoms with Crippen LogP contribution in [-0.4, -0.2) is 39.1 Å². The van der Waals surface area contributed by atoms with Gasteiger partial charge in [-0.3, -0.25) is 10.2 Å². The second-order valence-electron chi connectivity index (χ2n) is 9.28. The number of fused-ring (bicyclic) bond motifs is 2. The summed E-state index contributed by atoms with van der Waals surface area (Å²) in [6, 6.07) is 7.32. The number of pyridine rings is 1. The third-order valence-electron chi connectivity index (χ3n) is 5.94. The normalized spacial score (nSPS) is 13.7. The van der Waals surface area contributed by atoms with E-state index < -0.39 is 5.97 Å². The summed E-state index contributed by atoms with van der Waals surface area (Å²) in [5.41, 5.74) is 3.90. The van der Waals surface area contributed by atoms with Crippen LogP contribution in [0.2, 0.25) is 0 Å². The number of carboxylic acid groups (broad SMARTS) is 1. The van der Waals surface area contributed by atoms with Crippen molar-refractivity contribution >= 4 is 28.6 Å². The average Bonchev–Trinajstić information content (AvgIpc) is 3.21. The second-order valence-corrected chi connectivity index (χ2v) is 9.28. The van der Waals surface area contributed by atoms with Crippen LogP contribution < -0.4 is 0 Å². The van der Waals surface area contributed by atoms with Crippen LogP contribution in [0.25, 0.3) is 11.0 Å². The Labute approximate surface area is 186 Å². The average molecular weight is 434 g/mol. The lowest BCUT2D eigenvalue weighted by Gasteiger charge is -2.21. The fourth-order valence-corrected chi connectivity index (χ4v) is 4.19. The Morgan fingerprint density at radius 1 is 1.25 bits per heavy atom. The van der Waals surface area contributed by atoms with Gasteiger partial charge in [0.2, 0.25) is 0 Å². The van der Waals surface area contributed by atoms with E-state index in [2.05, 4.69) is 4.98 Å². The van der Waals surface area contributed by atoms with Gasteiger partial charge in [0.05, 0.1) is 6.54 Å². The lowest BCUT2D eigenvalue weighted by Crippen LogP contribution is -2.30. The molecule has 0 fully saturated rings. The number of aryl methyl sites for hydroxylation is 2. The summed E-state index contributed by atoms with van der Waals surface area (Å²) < 4.78 is 5.82. The number of carbonyl (C=O) groups excluding carboxylic acids is 1. The van der Waals surface area contributed by atoms with Crippen LogP contribution in [0.15, 0.2) is 28.7 Å². The number of ketones is 1. The number of aromatic carboxylic acids is 1. The van der Waals surface area contributed by atoms with Gasteiger partial charge in [0.15, 0.2) is 5.78 Å². The smallest absolute Gasteiger partial charge is 0.339 e. The zero-order valence-electron chi connectivity index (χ0n) is 19.0. The minimum Gasteiger partial charge on any atom is -0.478 e. The fraction of sp³-hybridized carbons (Fsp3) is 0.360. The van der Waals surface area contributed by atoms with Gasteiger partial charge in [-0.05, 0) is 37.0 Å². The predicted octanol–water partition coefficient (Wildman–Crippen LogP) is 4.72. The molecule has 1 aliphatic rings. The van der Waals surface area contributed by atoms with Crippen LogP contribution >= 0.6 is 0 Å². The topological polar surface area (TPSA) is 107 Å². The van der Waals surface area contributed by atoms with E-state index in [0.717, 1.165) is 23.2 Å². The SMILES string of the molecule is CCc1ccc2c(n1)C(=N)N(CC(=O)c1cc(C(C)(C)C)c3oc(C)c(C(=O)O)c3c1)C2. The maximum absolute atomic E-state index is 13.3. The van der Waals surface area contributed by atoms with Crippen molar-refractivity contribution in [3.05, 3.63) is 63.7 Å². The minimum atomic E-state index is -1.08. The third kappa shape index (κ3) is 3.57. The number of nitrogens with one attached hydrogen (secondary N) is 1. The van der Waals surface area contributed by atoms with Crippen LogP contribution in [0.3, 0.4) is 0 Å². The van der Waals surface area contributed by atoms with E-state index in [1.54, 1.807) is 24.0 Å². The van der Waals surface area contributed by atoms with Crippen LogP contribution in [0, 0.1) is 12.3 Å². The highest BCUT2D eigenvalue weighted by atomic mass is 16.4. The molecule has 1 aromatic carbocycles. The Morgan fingerprint density at radius 2 is 1.97 bits per heavy atom. The molecule has 7 heteroatoms. The molecule has 0 amide bonds. The van der Waals surface area contributed by atoms with Crippen LogP contribution in [0.4, 0.5) is 0 Å². The molecule has 2 N–H and O–H groups in total. The predicted molar refractivity (Wildman–Crippen MR) is 122 cm³/mol. The number of hydrogen-bond acceptors (Lipinski definition) is 5. The summed E-state index contributed by atoms with van der Waals surface area (Å²) >= 11 is 0. The molecule has 0 saturated carbocycles. The molecular formula is C25H27N3O4. The second kappa shape index (κ2) is 7.58. The number of carboxylic acids is 1. The first-order chi connectivity index (χ1) is 15.0. The molecule has 32 heavy (non-hydrogen) atoms. The summed E-state index contributed by atoms with van der Waals surface area (Å²) in [4.78, 5) is 31.4. The number of aromatic nitrogens is 1. The molecule has 0 aliphatic carbocycles. The zero-order chi connectivity index (χ0) is 23.4. The van der Waals surface area contributed by atoms with Crippen molar-refractivity contribution < 1.29 is 19.1 Å². The molecule has 3 aromatic rings. The lowest BCUT2D eigenvalue weighted by molar-refractivity contribution is 0.0696. The van der Waals surface area contributed by atoms with Crippen LogP contribution in [-0.2, 0) is 18.4 Å². The Hall–Kier alpha value is -3.48. The first-order valence-corrected chi connectivity index (χ1v) is 10.7. The summed E-state index contributed by atoms with van der Waals surface area (Å²) in [5, 5.41) is 18.6. The van der Waals surface area contributed by atoms with Crippen molar-refractivity contribution in [3.63, 3.8) is 0 Å². The number of hydrogen-bond donors (Lipinski definition) is 2. The Balaban J connectivity index is 1.72. The maximum atomic E-state index is 13.3. The van der Waals surface area contributed by atoms with Gasteiger partial charge in [-0.25, -0.2) is 9.78 Å². The van der Waals surface area contributed by atoms with E-state index >= 15 is 0 Å². The third-order valence-corrected chi connectivity index (χ3v) is 5.94. The van der Waals surface area contributed by atoms with Gasteiger partial charge in [-0.1, -0.05) is 33.8 Å². The summed E-state index contributed by atoms with van der Waals surface area (Å²) in [5.74, 6) is -0.704. The highest BCUT2D eigenvalue weighted by molar-refractivity contribution is 6.09. The van der Waals surface area contributed by atoms with Gasteiger partial charge in [-0.15, -0.1) is 0 Å². The first-order valence-electron chi connectivity index (χ1n) is 10.7. The molecule has 7 nitrogen and oxygen atoms in total. The molecule has 0 saturated heterocycles. The van der Waals surface area contributed by atoms with E-state index in [1.807, 2.05) is 39.8 Å². The quantitative estimate of drug-likeness (QED) is 0.564. The number of Topliss-reactive ketones (excluding diaryl/α,β-unsaturated/α-hetero) is 1. The van der Waals surface area contributed by atoms with E-state index in [0.29, 0.717) is 34.5 Å². The van der Waals surface area contributed by atoms with Gasteiger partial charge >= 0.3 is 5.97 Å². The van der Waals surface area contributed by atoms with Gasteiger partial charge in [0.1, 0.15) is 28.4 Å². The van der Waals surface area contributed by atoms with Crippen LogP contribution in [0.5, 0.6) is 0 Å². The number of rotatable bonds is 5. The molecule has 3 heterocycles. The first kappa shape index (κ1) is 21.7. The summed E-state index contributed by atoms with van der Waals surface area (Å²) in [6.07, 6.45) is 0.783. The highest BCUT2D eigenvalue weighted by Gasteiger charge is 2.30. The molecule has 0 spiro atoms. The maximum Gasteiger partial charge on any atom is 0.339 e. The van der Waals surface area contributed by atoms with E-state index in [4.69, 9.17) is 9.83 Å². The van der Waals surface area contributed by atoms with Crippen molar-refractivity contribution in [1.82, 2.24) is 9.88 Å². The van der Waals surface area contributed by atoms with Crippen LogP contribution in [0.1, 0.15) is 76.7 Å². The molecular weight excluding hydrogens is 406 g/mol. The van der Waals surface area contributed by atoms with Crippen molar-refractivity contribution in [2.75, 3.05) is 6.54 Å². The molecule has 0 radical (unpaired) electrons. The lowest BCUT2D eigenvalue weighted by atomic mass is 9.84. The van der Waals surface area contributed by atoms with E-state index in [1.165, 1.54) is 0 Å². The number of carbonyl (C=O) groups is 2. The van der Waals surface area contributed by atoms with Gasteiger partial charge in [0.25, 0.3) is 0 Å². The molecule has 4 rings (SSSR count). The number of furan rings is 1. The van der Waals surface area contributed by atoms with Crippen molar-refractivity contribution in [1.29, 1.82) is 5.41 Å². The highest BCUT2D eigenvalue weighted by Crippen LogP contribution is 2.36. The van der Waals surface area contributed by atoms with E-state index in [-0.39, 0.29) is 29.1 Å². The number of benzene rings is 1. The molecule has 0 atom stereocenters. The van der Waals surface area contributed by atoms with Crippen molar-refractivity contribution in [3.8, 4) is 0 Å². The van der Waals surface area contributed by atoms with Gasteiger partial charge in [-0.2, -0.15) is 0 Å². The molecule has 2 aromatic heterocycles.